The molecule has 0 saturated carbocycles. The van der Waals surface area contributed by atoms with Crippen molar-refractivity contribution in [1.82, 2.24) is 0 Å². The van der Waals surface area contributed by atoms with Gasteiger partial charge in [0.1, 0.15) is 5.41 Å². The van der Waals surface area contributed by atoms with Gasteiger partial charge < -0.3 is 10.2 Å². The van der Waals surface area contributed by atoms with Crippen LogP contribution in [0.1, 0.15) is 82.8 Å². The Labute approximate surface area is 180 Å². The minimum absolute atomic E-state index is 0.240. The molecule has 164 valence electrons. The minimum atomic E-state index is -1.36. The highest BCUT2D eigenvalue weighted by molar-refractivity contribution is 5.94. The fourth-order valence-corrected chi connectivity index (χ4v) is 4.59. The molecule has 1 aliphatic rings. The van der Waals surface area contributed by atoms with Crippen molar-refractivity contribution in [3.05, 3.63) is 58.7 Å². The first kappa shape index (κ1) is 23.9. The van der Waals surface area contributed by atoms with Crippen LogP contribution in [0, 0.1) is 12.8 Å². The molecule has 2 N–H and O–H groups in total. The highest BCUT2D eigenvalue weighted by atomic mass is 16.4. The lowest BCUT2D eigenvalue weighted by atomic mass is 9.64. The summed E-state index contributed by atoms with van der Waals surface area (Å²) in [5.74, 6) is -2.68. The highest BCUT2D eigenvalue weighted by Gasteiger charge is 2.48. The molecule has 0 saturated heterocycles. The van der Waals surface area contributed by atoms with Crippen LogP contribution in [0.4, 0.5) is 0 Å². The van der Waals surface area contributed by atoms with Crippen molar-refractivity contribution in [2.75, 3.05) is 0 Å². The largest absolute Gasteiger partial charge is 0.480 e. The zero-order valence-corrected chi connectivity index (χ0v) is 18.6. The van der Waals surface area contributed by atoms with Crippen molar-refractivity contribution < 1.29 is 19.8 Å². The molecule has 0 amide bonds. The van der Waals surface area contributed by atoms with Gasteiger partial charge in [0.15, 0.2) is 0 Å². The lowest BCUT2D eigenvalue weighted by molar-refractivity contribution is -0.143. The SMILES string of the molecule is CCCCCCCCCCC1=C(C(=O)O)C(C)C(C(=O)O)(c2cccc(C)c2)C=C1. The second-order valence-corrected chi connectivity index (χ2v) is 8.57. The topological polar surface area (TPSA) is 74.6 Å². The Morgan fingerprint density at radius 3 is 2.20 bits per heavy atom. The number of rotatable bonds is 12. The van der Waals surface area contributed by atoms with Crippen molar-refractivity contribution in [2.24, 2.45) is 5.92 Å². The maximum absolute atomic E-state index is 12.4. The number of unbranched alkanes of at least 4 members (excludes halogenated alkanes) is 7. The zero-order chi connectivity index (χ0) is 22.1. The molecule has 2 atom stereocenters. The van der Waals surface area contributed by atoms with Gasteiger partial charge in [-0.2, -0.15) is 0 Å². The number of carboxylic acids is 2. The molecule has 0 fully saturated rings. The summed E-state index contributed by atoms with van der Waals surface area (Å²) in [4.78, 5) is 24.5. The van der Waals surface area contributed by atoms with Gasteiger partial charge in [-0.15, -0.1) is 0 Å². The number of carboxylic acid groups (broad SMARTS) is 2. The molecule has 0 aromatic heterocycles. The lowest BCUT2D eigenvalue weighted by Crippen LogP contribution is -2.44. The first-order chi connectivity index (χ1) is 14.3. The minimum Gasteiger partial charge on any atom is -0.480 e. The van der Waals surface area contributed by atoms with Gasteiger partial charge in [0, 0.05) is 11.5 Å². The summed E-state index contributed by atoms with van der Waals surface area (Å²) in [5.41, 5.74) is 1.24. The van der Waals surface area contributed by atoms with Crippen molar-refractivity contribution in [3.63, 3.8) is 0 Å². The van der Waals surface area contributed by atoms with Gasteiger partial charge in [0.2, 0.25) is 0 Å². The molecule has 0 radical (unpaired) electrons. The zero-order valence-electron chi connectivity index (χ0n) is 18.6. The van der Waals surface area contributed by atoms with Gasteiger partial charge in [-0.05, 0) is 30.9 Å². The summed E-state index contributed by atoms with van der Waals surface area (Å²) in [6.07, 6.45) is 13.7. The molecule has 1 aliphatic carbocycles. The number of allylic oxidation sites excluding steroid dienone is 2. The van der Waals surface area contributed by atoms with Crippen molar-refractivity contribution in [2.45, 2.75) is 84.0 Å². The smallest absolute Gasteiger partial charge is 0.332 e. The molecule has 0 bridgehead atoms. The van der Waals surface area contributed by atoms with E-state index in [-0.39, 0.29) is 5.57 Å². The summed E-state index contributed by atoms with van der Waals surface area (Å²) < 4.78 is 0. The highest BCUT2D eigenvalue weighted by Crippen LogP contribution is 2.44. The third kappa shape index (κ3) is 5.41. The Morgan fingerprint density at radius 1 is 1.00 bits per heavy atom. The van der Waals surface area contributed by atoms with E-state index in [0.29, 0.717) is 12.0 Å². The van der Waals surface area contributed by atoms with E-state index < -0.39 is 23.3 Å². The van der Waals surface area contributed by atoms with Crippen LogP contribution in [0.3, 0.4) is 0 Å². The van der Waals surface area contributed by atoms with Crippen LogP contribution in [0.2, 0.25) is 0 Å². The average Bonchev–Trinajstić information content (AvgIpc) is 2.69. The molecule has 1 aromatic rings. The van der Waals surface area contributed by atoms with Crippen LogP contribution < -0.4 is 0 Å². The summed E-state index contributed by atoms with van der Waals surface area (Å²) in [5, 5.41) is 20.1. The van der Waals surface area contributed by atoms with Gasteiger partial charge in [0.25, 0.3) is 0 Å². The first-order valence-corrected chi connectivity index (χ1v) is 11.3. The number of carbonyl (C=O) groups is 2. The fourth-order valence-electron chi connectivity index (χ4n) is 4.59. The maximum Gasteiger partial charge on any atom is 0.332 e. The van der Waals surface area contributed by atoms with Gasteiger partial charge in [-0.1, -0.05) is 101 Å². The monoisotopic (exact) mass is 412 g/mol. The molecule has 4 nitrogen and oxygen atoms in total. The standard InChI is InChI=1S/C26H36O4/c1-4-5-6-7-8-9-10-11-14-21-16-17-26(25(29)30,20(3)23(21)24(27)28)22-15-12-13-19(2)18-22/h12-13,15-18,20H,4-11,14H2,1-3H3,(H,27,28)(H,29,30). The second-order valence-electron chi connectivity index (χ2n) is 8.57. The second kappa shape index (κ2) is 11.1. The number of hydrogen-bond donors (Lipinski definition) is 2. The summed E-state index contributed by atoms with van der Waals surface area (Å²) in [7, 11) is 0. The molecular weight excluding hydrogens is 376 g/mol. The Hall–Kier alpha value is -2.36. The fraction of sp³-hybridized carbons (Fsp3) is 0.538. The van der Waals surface area contributed by atoms with Crippen LogP contribution in [-0.4, -0.2) is 22.2 Å². The molecule has 4 heteroatoms. The quantitative estimate of drug-likeness (QED) is 0.388. The van der Waals surface area contributed by atoms with Gasteiger partial charge >= 0.3 is 11.9 Å². The molecule has 2 rings (SSSR count). The Kier molecular flexibility index (Phi) is 8.88. The number of benzene rings is 1. The Bertz CT molecular complexity index is 805. The molecule has 0 heterocycles. The molecular formula is C26H36O4. The van der Waals surface area contributed by atoms with Crippen LogP contribution >= 0.6 is 0 Å². The van der Waals surface area contributed by atoms with E-state index in [1.54, 1.807) is 25.1 Å². The third-order valence-corrected chi connectivity index (χ3v) is 6.39. The molecule has 30 heavy (non-hydrogen) atoms. The summed E-state index contributed by atoms with van der Waals surface area (Å²) >= 11 is 0. The van der Waals surface area contributed by atoms with E-state index in [4.69, 9.17) is 0 Å². The summed E-state index contributed by atoms with van der Waals surface area (Å²) in [6.45, 7) is 5.86. The number of hydrogen-bond acceptors (Lipinski definition) is 2. The summed E-state index contributed by atoms with van der Waals surface area (Å²) in [6, 6.07) is 7.37. The number of aryl methyl sites for hydroxylation is 1. The van der Waals surface area contributed by atoms with E-state index in [9.17, 15) is 19.8 Å². The number of aliphatic carboxylic acids is 2. The molecule has 1 aromatic carbocycles. The predicted octanol–water partition coefficient (Wildman–Crippen LogP) is 6.44. The van der Waals surface area contributed by atoms with Gasteiger partial charge in [-0.25, -0.2) is 4.79 Å². The molecule has 2 unspecified atom stereocenters. The van der Waals surface area contributed by atoms with E-state index in [1.165, 1.54) is 38.5 Å². The lowest BCUT2D eigenvalue weighted by Gasteiger charge is -2.37. The van der Waals surface area contributed by atoms with Crippen molar-refractivity contribution >= 4 is 11.9 Å². The maximum atomic E-state index is 12.4. The van der Waals surface area contributed by atoms with E-state index in [2.05, 4.69) is 6.92 Å². The third-order valence-electron chi connectivity index (χ3n) is 6.39. The van der Waals surface area contributed by atoms with Gasteiger partial charge in [0.05, 0.1) is 0 Å². The van der Waals surface area contributed by atoms with Gasteiger partial charge in [-0.3, -0.25) is 4.79 Å². The van der Waals surface area contributed by atoms with Crippen LogP contribution in [0.25, 0.3) is 0 Å². The molecule has 0 spiro atoms. The molecule has 0 aliphatic heterocycles. The van der Waals surface area contributed by atoms with Crippen LogP contribution in [0.5, 0.6) is 0 Å². The predicted molar refractivity (Wildman–Crippen MR) is 121 cm³/mol. The average molecular weight is 413 g/mol. The van der Waals surface area contributed by atoms with E-state index >= 15 is 0 Å². The first-order valence-electron chi connectivity index (χ1n) is 11.3. The Balaban J connectivity index is 2.15. The van der Waals surface area contributed by atoms with E-state index in [1.807, 2.05) is 25.1 Å². The van der Waals surface area contributed by atoms with E-state index in [0.717, 1.165) is 24.0 Å². The Morgan fingerprint density at radius 2 is 1.63 bits per heavy atom. The van der Waals surface area contributed by atoms with Crippen molar-refractivity contribution in [1.29, 1.82) is 0 Å². The van der Waals surface area contributed by atoms with Crippen molar-refractivity contribution in [3.8, 4) is 0 Å². The van der Waals surface area contributed by atoms with Crippen LogP contribution in [0.15, 0.2) is 47.6 Å². The van der Waals surface area contributed by atoms with Crippen LogP contribution in [-0.2, 0) is 15.0 Å². The normalized spacial score (nSPS) is 21.1.